The van der Waals surface area contributed by atoms with Gasteiger partial charge in [0.15, 0.2) is 11.5 Å². The van der Waals surface area contributed by atoms with Crippen molar-refractivity contribution in [3.05, 3.63) is 64.1 Å². The normalized spacial score (nSPS) is 12.7. The predicted molar refractivity (Wildman–Crippen MR) is 107 cm³/mol. The maximum Gasteiger partial charge on any atom is 0.231 e. The molecular weight excluding hydrogens is 358 g/mol. The Morgan fingerprint density at radius 1 is 1.15 bits per heavy atom. The first kappa shape index (κ1) is 17.1. The molecule has 0 saturated carbocycles. The first-order chi connectivity index (χ1) is 13.1. The van der Waals surface area contributed by atoms with Crippen molar-refractivity contribution in [1.82, 2.24) is 4.98 Å². The van der Waals surface area contributed by atoms with Crippen LogP contribution in [0.5, 0.6) is 11.5 Å². The average Bonchev–Trinajstić information content (AvgIpc) is 3.34. The molecule has 0 spiro atoms. The van der Waals surface area contributed by atoms with Gasteiger partial charge >= 0.3 is 0 Å². The third-order valence-corrected chi connectivity index (χ3v) is 5.29. The molecule has 1 aliphatic rings. The number of aryl methyl sites for hydroxylation is 2. The van der Waals surface area contributed by atoms with E-state index in [0.29, 0.717) is 10.6 Å². The van der Waals surface area contributed by atoms with Crippen LogP contribution in [0.2, 0.25) is 0 Å². The molecule has 0 amide bonds. The summed E-state index contributed by atoms with van der Waals surface area (Å²) in [5.41, 5.74) is 5.61. The third kappa shape index (κ3) is 3.50. The molecule has 134 valence electrons. The van der Waals surface area contributed by atoms with E-state index < -0.39 is 0 Å². The van der Waals surface area contributed by atoms with Gasteiger partial charge in [0.05, 0.1) is 5.69 Å². The zero-order valence-electron chi connectivity index (χ0n) is 14.9. The molecule has 2 aromatic carbocycles. The highest BCUT2D eigenvalue weighted by Gasteiger charge is 2.15. The fourth-order valence-electron chi connectivity index (χ4n) is 2.71. The van der Waals surface area contributed by atoms with Crippen LogP contribution in [0.3, 0.4) is 0 Å². The van der Waals surface area contributed by atoms with Crippen molar-refractivity contribution in [2.75, 3.05) is 12.1 Å². The van der Waals surface area contributed by atoms with Crippen LogP contribution >= 0.6 is 11.3 Å². The van der Waals surface area contributed by atoms with Crippen LogP contribution in [0.1, 0.15) is 16.1 Å². The lowest BCUT2D eigenvalue weighted by Crippen LogP contribution is -1.93. The van der Waals surface area contributed by atoms with Gasteiger partial charge in [0, 0.05) is 22.8 Å². The van der Waals surface area contributed by atoms with Crippen molar-refractivity contribution in [2.45, 2.75) is 13.8 Å². The van der Waals surface area contributed by atoms with Gasteiger partial charge in [-0.3, -0.25) is 0 Å². The van der Waals surface area contributed by atoms with Gasteiger partial charge in [-0.2, -0.15) is 5.26 Å². The molecule has 1 aliphatic heterocycles. The highest BCUT2D eigenvalue weighted by molar-refractivity contribution is 7.11. The number of nitriles is 1. The summed E-state index contributed by atoms with van der Waals surface area (Å²) in [7, 11) is 0. The summed E-state index contributed by atoms with van der Waals surface area (Å²) in [5.74, 6) is 1.46. The van der Waals surface area contributed by atoms with E-state index in [1.807, 2.05) is 29.6 Å². The number of nitrogens with one attached hydrogen (secondary N) is 1. The number of benzene rings is 2. The van der Waals surface area contributed by atoms with Crippen molar-refractivity contribution in [2.24, 2.45) is 0 Å². The second-order valence-corrected chi connectivity index (χ2v) is 7.08. The molecule has 0 unspecified atom stereocenters. The molecule has 4 rings (SSSR count). The van der Waals surface area contributed by atoms with Gasteiger partial charge in [-0.25, -0.2) is 4.98 Å². The first-order valence-electron chi connectivity index (χ1n) is 8.44. The minimum atomic E-state index is 0.243. The summed E-state index contributed by atoms with van der Waals surface area (Å²) >= 11 is 1.44. The largest absolute Gasteiger partial charge is 0.454 e. The highest BCUT2D eigenvalue weighted by atomic mass is 32.1. The fourth-order valence-corrected chi connectivity index (χ4v) is 3.51. The third-order valence-electron chi connectivity index (χ3n) is 4.41. The van der Waals surface area contributed by atoms with Gasteiger partial charge in [-0.15, -0.1) is 11.3 Å². The van der Waals surface area contributed by atoms with E-state index in [-0.39, 0.29) is 6.79 Å². The van der Waals surface area contributed by atoms with E-state index in [2.05, 4.69) is 42.4 Å². The monoisotopic (exact) mass is 375 g/mol. The van der Waals surface area contributed by atoms with Crippen molar-refractivity contribution in [3.8, 4) is 28.8 Å². The summed E-state index contributed by atoms with van der Waals surface area (Å²) in [6.45, 7) is 4.38. The molecule has 1 N–H and O–H groups in total. The summed E-state index contributed by atoms with van der Waals surface area (Å²) in [6.07, 6.45) is 1.70. The van der Waals surface area contributed by atoms with E-state index in [1.54, 1.807) is 6.20 Å². The Hall–Kier alpha value is -3.30. The zero-order valence-corrected chi connectivity index (χ0v) is 15.8. The second-order valence-electron chi connectivity index (χ2n) is 6.22. The van der Waals surface area contributed by atoms with Crippen LogP contribution < -0.4 is 14.8 Å². The number of hydrogen-bond acceptors (Lipinski definition) is 6. The Kier molecular flexibility index (Phi) is 4.53. The molecule has 0 fully saturated rings. The van der Waals surface area contributed by atoms with E-state index in [9.17, 15) is 5.26 Å². The number of nitrogens with zero attached hydrogens (tertiary/aromatic N) is 2. The molecule has 0 bridgehead atoms. The maximum atomic E-state index is 9.53. The van der Waals surface area contributed by atoms with Gasteiger partial charge in [0.1, 0.15) is 16.6 Å². The Labute approximate surface area is 161 Å². The molecule has 27 heavy (non-hydrogen) atoms. The van der Waals surface area contributed by atoms with Gasteiger partial charge in [-0.05, 0) is 55.3 Å². The van der Waals surface area contributed by atoms with E-state index in [4.69, 9.17) is 9.47 Å². The lowest BCUT2D eigenvalue weighted by atomic mass is 10.1. The first-order valence-corrected chi connectivity index (χ1v) is 9.32. The lowest BCUT2D eigenvalue weighted by molar-refractivity contribution is 0.174. The minimum absolute atomic E-state index is 0.243. The van der Waals surface area contributed by atoms with Gasteiger partial charge in [-0.1, -0.05) is 6.07 Å². The minimum Gasteiger partial charge on any atom is -0.454 e. The molecule has 0 radical (unpaired) electrons. The number of hydrogen-bond donors (Lipinski definition) is 1. The van der Waals surface area contributed by atoms with Crippen LogP contribution in [0, 0.1) is 25.2 Å². The molecule has 0 aliphatic carbocycles. The molecule has 1 aromatic heterocycles. The molecule has 5 nitrogen and oxygen atoms in total. The molecule has 2 heterocycles. The standard InChI is InChI=1S/C21H17N3O2S/c1-13-3-5-17(7-14(13)2)23-10-16(9-22)21-24-18(11-27-21)15-4-6-19-20(8-15)26-12-25-19/h3-8,10-11,23H,12H2,1-2H3. The number of anilines is 1. The van der Waals surface area contributed by atoms with Crippen molar-refractivity contribution in [1.29, 1.82) is 5.26 Å². The number of aromatic nitrogens is 1. The van der Waals surface area contributed by atoms with E-state index in [1.165, 1.54) is 22.5 Å². The van der Waals surface area contributed by atoms with Crippen molar-refractivity contribution >= 4 is 22.6 Å². The van der Waals surface area contributed by atoms with Crippen molar-refractivity contribution in [3.63, 3.8) is 0 Å². The SMILES string of the molecule is Cc1ccc(NC=C(C#N)c2nc(-c3ccc4c(c3)OCO4)cs2)cc1C. The van der Waals surface area contributed by atoms with Gasteiger partial charge in [0.2, 0.25) is 6.79 Å². The van der Waals surface area contributed by atoms with Crippen LogP contribution in [-0.2, 0) is 0 Å². The number of thiazole rings is 1. The smallest absolute Gasteiger partial charge is 0.231 e. The van der Waals surface area contributed by atoms with E-state index in [0.717, 1.165) is 28.4 Å². The highest BCUT2D eigenvalue weighted by Crippen LogP contribution is 2.36. The summed E-state index contributed by atoms with van der Waals surface area (Å²) in [4.78, 5) is 4.61. The topological polar surface area (TPSA) is 67.2 Å². The molecule has 0 saturated heterocycles. The van der Waals surface area contributed by atoms with Crippen molar-refractivity contribution < 1.29 is 9.47 Å². The Bertz CT molecular complexity index is 1080. The van der Waals surface area contributed by atoms with E-state index >= 15 is 0 Å². The summed E-state index contributed by atoms with van der Waals surface area (Å²) in [5, 5.41) is 15.3. The second kappa shape index (κ2) is 7.14. The molecule has 3 aromatic rings. The average molecular weight is 375 g/mol. The predicted octanol–water partition coefficient (Wildman–Crippen LogP) is 5.13. The van der Waals surface area contributed by atoms with Gasteiger partial charge in [0.25, 0.3) is 0 Å². The summed E-state index contributed by atoms with van der Waals surface area (Å²) < 4.78 is 10.8. The fraction of sp³-hybridized carbons (Fsp3) is 0.143. The quantitative estimate of drug-likeness (QED) is 0.640. The Balaban J connectivity index is 1.57. The van der Waals surface area contributed by atoms with Crippen LogP contribution in [-0.4, -0.2) is 11.8 Å². The molecular formula is C21H17N3O2S. The number of ether oxygens (including phenoxy) is 2. The lowest BCUT2D eigenvalue weighted by Gasteiger charge is -2.05. The number of rotatable bonds is 4. The Morgan fingerprint density at radius 2 is 2.00 bits per heavy atom. The van der Waals surface area contributed by atoms with Crippen LogP contribution in [0.15, 0.2) is 48.0 Å². The van der Waals surface area contributed by atoms with Gasteiger partial charge < -0.3 is 14.8 Å². The molecule has 6 heteroatoms. The maximum absolute atomic E-state index is 9.53. The van der Waals surface area contributed by atoms with Crippen LogP contribution in [0.4, 0.5) is 5.69 Å². The molecule has 0 atom stereocenters. The Morgan fingerprint density at radius 3 is 2.81 bits per heavy atom. The number of fused-ring (bicyclic) bond motifs is 1. The van der Waals surface area contributed by atoms with Crippen LogP contribution in [0.25, 0.3) is 16.8 Å². The summed E-state index contributed by atoms with van der Waals surface area (Å²) in [6, 6.07) is 14.0. The number of allylic oxidation sites excluding steroid dienone is 1. The zero-order chi connectivity index (χ0) is 18.8.